The molecule has 0 radical (unpaired) electrons. The molecule has 3 N–H and O–H groups in total. The van der Waals surface area contributed by atoms with E-state index < -0.39 is 17.9 Å². The molecule has 5 heteroatoms. The van der Waals surface area contributed by atoms with Gasteiger partial charge in [0.1, 0.15) is 0 Å². The van der Waals surface area contributed by atoms with E-state index in [-0.39, 0.29) is 6.54 Å². The van der Waals surface area contributed by atoms with E-state index in [0.717, 1.165) is 0 Å². The van der Waals surface area contributed by atoms with Gasteiger partial charge in [0.05, 0.1) is 6.10 Å². The molecule has 0 aliphatic carbocycles. The van der Waals surface area contributed by atoms with Gasteiger partial charge >= 0.3 is 11.8 Å². The zero-order chi connectivity index (χ0) is 8.85. The monoisotopic (exact) mass is 160 g/mol. The molecule has 2 amide bonds. The van der Waals surface area contributed by atoms with Crippen LogP contribution in [0.4, 0.5) is 0 Å². The Kier molecular flexibility index (Phi) is 4.21. The van der Waals surface area contributed by atoms with Gasteiger partial charge < -0.3 is 15.7 Å². The van der Waals surface area contributed by atoms with Crippen LogP contribution in [0.1, 0.15) is 6.92 Å². The van der Waals surface area contributed by atoms with Gasteiger partial charge in [0, 0.05) is 13.6 Å². The van der Waals surface area contributed by atoms with Crippen molar-refractivity contribution in [3.05, 3.63) is 0 Å². The number of rotatable bonds is 2. The molecule has 1 unspecified atom stereocenters. The summed E-state index contributed by atoms with van der Waals surface area (Å²) in [5.74, 6) is -1.43. The van der Waals surface area contributed by atoms with Crippen molar-refractivity contribution in [3.63, 3.8) is 0 Å². The molecule has 5 nitrogen and oxygen atoms in total. The highest BCUT2D eigenvalue weighted by Crippen LogP contribution is 1.74. The summed E-state index contributed by atoms with van der Waals surface area (Å²) < 4.78 is 0. The second-order valence-corrected chi connectivity index (χ2v) is 2.14. The number of aliphatic hydroxyl groups excluding tert-OH is 1. The normalized spacial score (nSPS) is 11.9. The summed E-state index contributed by atoms with van der Waals surface area (Å²) in [6.07, 6.45) is -0.636. The average molecular weight is 160 g/mol. The topological polar surface area (TPSA) is 78.4 Å². The predicted molar refractivity (Wildman–Crippen MR) is 38.8 cm³/mol. The second kappa shape index (κ2) is 4.68. The van der Waals surface area contributed by atoms with Crippen LogP contribution in [0.3, 0.4) is 0 Å². The molecule has 0 spiro atoms. The molecule has 0 aromatic heterocycles. The molecular weight excluding hydrogens is 148 g/mol. The fourth-order valence-electron chi connectivity index (χ4n) is 0.434. The molecule has 0 bridgehead atoms. The summed E-state index contributed by atoms with van der Waals surface area (Å²) >= 11 is 0. The summed E-state index contributed by atoms with van der Waals surface area (Å²) in [5, 5.41) is 13.1. The SMILES string of the molecule is CNC(=O)C(=O)NCC(C)O. The minimum absolute atomic E-state index is 0.0895. The predicted octanol–water partition coefficient (Wildman–Crippen LogP) is -1.77. The van der Waals surface area contributed by atoms with Gasteiger partial charge in [0.25, 0.3) is 0 Å². The minimum atomic E-state index is -0.728. The molecule has 0 saturated carbocycles. The summed E-state index contributed by atoms with van der Waals surface area (Å²) in [4.78, 5) is 21.2. The maximum absolute atomic E-state index is 10.6. The van der Waals surface area contributed by atoms with Crippen molar-refractivity contribution in [2.24, 2.45) is 0 Å². The van der Waals surface area contributed by atoms with E-state index in [1.807, 2.05) is 0 Å². The minimum Gasteiger partial charge on any atom is -0.392 e. The third-order valence-corrected chi connectivity index (χ3v) is 0.991. The van der Waals surface area contributed by atoms with E-state index in [1.165, 1.54) is 14.0 Å². The van der Waals surface area contributed by atoms with Crippen LogP contribution in [-0.2, 0) is 9.59 Å². The number of hydrogen-bond donors (Lipinski definition) is 3. The third kappa shape index (κ3) is 4.32. The lowest BCUT2D eigenvalue weighted by molar-refractivity contribution is -0.139. The lowest BCUT2D eigenvalue weighted by atomic mass is 10.4. The first kappa shape index (κ1) is 9.90. The van der Waals surface area contributed by atoms with Gasteiger partial charge in [-0.15, -0.1) is 0 Å². The van der Waals surface area contributed by atoms with Crippen LogP contribution in [-0.4, -0.2) is 36.6 Å². The van der Waals surface area contributed by atoms with Crippen molar-refractivity contribution in [2.45, 2.75) is 13.0 Å². The fraction of sp³-hybridized carbons (Fsp3) is 0.667. The molecule has 0 aromatic rings. The maximum Gasteiger partial charge on any atom is 0.309 e. The van der Waals surface area contributed by atoms with Crippen LogP contribution in [0.15, 0.2) is 0 Å². The second-order valence-electron chi connectivity index (χ2n) is 2.14. The van der Waals surface area contributed by atoms with E-state index in [0.29, 0.717) is 0 Å². The number of nitrogens with one attached hydrogen (secondary N) is 2. The van der Waals surface area contributed by atoms with Gasteiger partial charge in [-0.25, -0.2) is 0 Å². The molecule has 0 fully saturated rings. The Labute approximate surface area is 64.8 Å². The van der Waals surface area contributed by atoms with E-state index >= 15 is 0 Å². The number of amides is 2. The van der Waals surface area contributed by atoms with Gasteiger partial charge in [-0.2, -0.15) is 0 Å². The number of carbonyl (C=O) groups is 2. The Morgan fingerprint density at radius 3 is 2.36 bits per heavy atom. The lowest BCUT2D eigenvalue weighted by Gasteiger charge is -2.04. The van der Waals surface area contributed by atoms with Crippen LogP contribution >= 0.6 is 0 Å². The molecule has 0 aliphatic heterocycles. The van der Waals surface area contributed by atoms with E-state index in [2.05, 4.69) is 10.6 Å². The highest BCUT2D eigenvalue weighted by molar-refractivity contribution is 6.34. The zero-order valence-electron chi connectivity index (χ0n) is 6.55. The van der Waals surface area contributed by atoms with E-state index in [4.69, 9.17) is 5.11 Å². The van der Waals surface area contributed by atoms with Crippen LogP contribution in [0, 0.1) is 0 Å². The molecule has 0 heterocycles. The molecule has 64 valence electrons. The summed E-state index contributed by atoms with van der Waals surface area (Å²) in [6.45, 7) is 1.61. The first-order chi connectivity index (χ1) is 5.07. The van der Waals surface area contributed by atoms with E-state index in [1.54, 1.807) is 0 Å². The molecule has 1 atom stereocenters. The zero-order valence-corrected chi connectivity index (χ0v) is 6.55. The first-order valence-corrected chi connectivity index (χ1v) is 3.26. The Bertz CT molecular complexity index is 156. The van der Waals surface area contributed by atoms with Crippen molar-refractivity contribution >= 4 is 11.8 Å². The summed E-state index contributed by atoms with van der Waals surface area (Å²) in [5.41, 5.74) is 0. The van der Waals surface area contributed by atoms with Crippen molar-refractivity contribution in [2.75, 3.05) is 13.6 Å². The molecular formula is C6H12N2O3. The highest BCUT2D eigenvalue weighted by atomic mass is 16.3. The smallest absolute Gasteiger partial charge is 0.309 e. The lowest BCUT2D eigenvalue weighted by Crippen LogP contribution is -2.40. The summed E-state index contributed by atoms with van der Waals surface area (Å²) in [6, 6.07) is 0. The largest absolute Gasteiger partial charge is 0.392 e. The maximum atomic E-state index is 10.6. The number of hydrogen-bond acceptors (Lipinski definition) is 3. The van der Waals surface area contributed by atoms with Crippen molar-refractivity contribution in [3.8, 4) is 0 Å². The number of likely N-dealkylation sites (N-methyl/N-ethyl adjacent to an activating group) is 1. The Hall–Kier alpha value is -1.10. The van der Waals surface area contributed by atoms with Gasteiger partial charge in [-0.05, 0) is 6.92 Å². The number of carbonyl (C=O) groups excluding carboxylic acids is 2. The van der Waals surface area contributed by atoms with Gasteiger partial charge in [0.2, 0.25) is 0 Å². The molecule has 0 rings (SSSR count). The molecule has 0 aliphatic rings. The average Bonchev–Trinajstić information content (AvgIpc) is 1.98. The van der Waals surface area contributed by atoms with Crippen LogP contribution in [0.2, 0.25) is 0 Å². The van der Waals surface area contributed by atoms with Gasteiger partial charge in [0.15, 0.2) is 0 Å². The Morgan fingerprint density at radius 2 is 2.00 bits per heavy atom. The summed E-state index contributed by atoms with van der Waals surface area (Å²) in [7, 11) is 1.37. The Balaban J connectivity index is 3.61. The molecule has 11 heavy (non-hydrogen) atoms. The van der Waals surface area contributed by atoms with E-state index in [9.17, 15) is 9.59 Å². The first-order valence-electron chi connectivity index (χ1n) is 3.26. The highest BCUT2D eigenvalue weighted by Gasteiger charge is 2.10. The quantitative estimate of drug-likeness (QED) is 0.418. The van der Waals surface area contributed by atoms with Crippen LogP contribution < -0.4 is 10.6 Å². The Morgan fingerprint density at radius 1 is 1.45 bits per heavy atom. The van der Waals surface area contributed by atoms with Crippen molar-refractivity contribution < 1.29 is 14.7 Å². The fourth-order valence-corrected chi connectivity index (χ4v) is 0.434. The van der Waals surface area contributed by atoms with Gasteiger partial charge in [-0.1, -0.05) is 0 Å². The number of aliphatic hydroxyl groups is 1. The van der Waals surface area contributed by atoms with Crippen LogP contribution in [0.5, 0.6) is 0 Å². The standard InChI is InChI=1S/C6H12N2O3/c1-4(9)3-8-6(11)5(10)7-2/h4,9H,3H2,1-2H3,(H,7,10)(H,8,11). The molecule has 0 aromatic carbocycles. The van der Waals surface area contributed by atoms with Gasteiger partial charge in [-0.3, -0.25) is 9.59 Å². The van der Waals surface area contributed by atoms with Crippen molar-refractivity contribution in [1.82, 2.24) is 10.6 Å². The third-order valence-electron chi connectivity index (χ3n) is 0.991. The molecule has 0 saturated heterocycles. The van der Waals surface area contributed by atoms with Crippen molar-refractivity contribution in [1.29, 1.82) is 0 Å². The van der Waals surface area contributed by atoms with Crippen LogP contribution in [0.25, 0.3) is 0 Å².